The lowest BCUT2D eigenvalue weighted by Gasteiger charge is -2.04. The van der Waals surface area contributed by atoms with Crippen molar-refractivity contribution in [3.63, 3.8) is 0 Å². The lowest BCUT2D eigenvalue weighted by atomic mass is 10.1. The van der Waals surface area contributed by atoms with Crippen LogP contribution < -0.4 is 0 Å². The third kappa shape index (κ3) is 1.40. The molecule has 0 fully saturated rings. The summed E-state index contributed by atoms with van der Waals surface area (Å²) in [6.07, 6.45) is 2.73. The van der Waals surface area contributed by atoms with Gasteiger partial charge in [0.1, 0.15) is 0 Å². The molecule has 0 spiro atoms. The van der Waals surface area contributed by atoms with Gasteiger partial charge in [0.25, 0.3) is 0 Å². The number of benzene rings is 1. The molecule has 1 aromatic carbocycles. The molecule has 1 nitrogen and oxygen atoms in total. The van der Waals surface area contributed by atoms with Gasteiger partial charge in [-0.15, -0.1) is 0 Å². The van der Waals surface area contributed by atoms with Crippen molar-refractivity contribution in [3.05, 3.63) is 41.0 Å². The minimum Gasteiger partial charge on any atom is -0.256 e. The summed E-state index contributed by atoms with van der Waals surface area (Å²) in [7, 11) is 0. The summed E-state index contributed by atoms with van der Waals surface area (Å²) in [6, 6.07) is 7.93. The molecule has 0 unspecified atom stereocenters. The standard InChI is InChI=1S/C11H10ClN/c1-2-8-4-3-5-10-11(8)9(12)6-7-13-10/h3-7H,2H2,1H3. The maximum atomic E-state index is 6.10. The zero-order valence-electron chi connectivity index (χ0n) is 7.42. The second kappa shape index (κ2) is 3.35. The largest absolute Gasteiger partial charge is 0.256 e. The Labute approximate surface area is 82.4 Å². The van der Waals surface area contributed by atoms with E-state index in [0.717, 1.165) is 22.3 Å². The van der Waals surface area contributed by atoms with Gasteiger partial charge in [0, 0.05) is 11.6 Å². The summed E-state index contributed by atoms with van der Waals surface area (Å²) in [5.74, 6) is 0. The predicted molar refractivity (Wildman–Crippen MR) is 56.1 cm³/mol. The molecule has 2 rings (SSSR count). The second-order valence-corrected chi connectivity index (χ2v) is 3.36. The van der Waals surface area contributed by atoms with Crippen molar-refractivity contribution >= 4 is 22.5 Å². The molecule has 2 heteroatoms. The predicted octanol–water partition coefficient (Wildman–Crippen LogP) is 3.45. The zero-order valence-corrected chi connectivity index (χ0v) is 8.17. The number of nitrogens with zero attached hydrogens (tertiary/aromatic N) is 1. The lowest BCUT2D eigenvalue weighted by Crippen LogP contribution is -1.86. The number of halogens is 1. The molecule has 0 amide bonds. The van der Waals surface area contributed by atoms with Crippen molar-refractivity contribution in [1.29, 1.82) is 0 Å². The highest BCUT2D eigenvalue weighted by Gasteiger charge is 2.02. The van der Waals surface area contributed by atoms with Crippen LogP contribution in [0.4, 0.5) is 0 Å². The van der Waals surface area contributed by atoms with Crippen LogP contribution in [0, 0.1) is 0 Å². The quantitative estimate of drug-likeness (QED) is 0.673. The molecule has 0 aliphatic rings. The fraction of sp³-hybridized carbons (Fsp3) is 0.182. The number of hydrogen-bond acceptors (Lipinski definition) is 1. The highest BCUT2D eigenvalue weighted by molar-refractivity contribution is 6.35. The fourth-order valence-corrected chi connectivity index (χ4v) is 1.81. The van der Waals surface area contributed by atoms with E-state index in [-0.39, 0.29) is 0 Å². The summed E-state index contributed by atoms with van der Waals surface area (Å²) in [5.41, 5.74) is 2.24. The van der Waals surface area contributed by atoms with E-state index < -0.39 is 0 Å². The molecule has 0 N–H and O–H groups in total. The Morgan fingerprint density at radius 2 is 2.15 bits per heavy atom. The number of hydrogen-bond donors (Lipinski definition) is 0. The van der Waals surface area contributed by atoms with E-state index in [9.17, 15) is 0 Å². The summed E-state index contributed by atoms with van der Waals surface area (Å²) in [6.45, 7) is 2.12. The van der Waals surface area contributed by atoms with Crippen LogP contribution in [0.2, 0.25) is 5.02 Å². The third-order valence-electron chi connectivity index (χ3n) is 2.18. The molecule has 0 saturated heterocycles. The minimum absolute atomic E-state index is 0.794. The maximum absolute atomic E-state index is 6.10. The van der Waals surface area contributed by atoms with Crippen molar-refractivity contribution in [2.75, 3.05) is 0 Å². The molecule has 0 aliphatic heterocycles. The number of aryl methyl sites for hydroxylation is 1. The Bertz CT molecular complexity index is 432. The van der Waals surface area contributed by atoms with Crippen LogP contribution in [0.1, 0.15) is 12.5 Å². The van der Waals surface area contributed by atoms with E-state index in [2.05, 4.69) is 18.0 Å². The van der Waals surface area contributed by atoms with E-state index in [0.29, 0.717) is 0 Å². The first-order chi connectivity index (χ1) is 6.33. The Morgan fingerprint density at radius 1 is 1.31 bits per heavy atom. The maximum Gasteiger partial charge on any atom is 0.0719 e. The molecular weight excluding hydrogens is 182 g/mol. The normalized spacial score (nSPS) is 10.6. The van der Waals surface area contributed by atoms with Crippen LogP contribution >= 0.6 is 11.6 Å². The molecule has 1 aromatic heterocycles. The van der Waals surface area contributed by atoms with E-state index in [1.165, 1.54) is 5.56 Å². The Hall–Kier alpha value is -1.08. The molecule has 0 saturated carbocycles. The summed E-state index contributed by atoms with van der Waals surface area (Å²) in [4.78, 5) is 4.27. The van der Waals surface area contributed by atoms with Crippen LogP contribution in [-0.2, 0) is 6.42 Å². The topological polar surface area (TPSA) is 12.9 Å². The van der Waals surface area contributed by atoms with Gasteiger partial charge < -0.3 is 0 Å². The van der Waals surface area contributed by atoms with Gasteiger partial charge in [0.15, 0.2) is 0 Å². The van der Waals surface area contributed by atoms with Gasteiger partial charge in [0.2, 0.25) is 0 Å². The first-order valence-corrected chi connectivity index (χ1v) is 4.73. The van der Waals surface area contributed by atoms with Crippen LogP contribution in [0.25, 0.3) is 10.9 Å². The van der Waals surface area contributed by atoms with Gasteiger partial charge in [-0.3, -0.25) is 4.98 Å². The highest BCUT2D eigenvalue weighted by Crippen LogP contribution is 2.25. The molecular formula is C11H10ClN. The molecule has 0 atom stereocenters. The lowest BCUT2D eigenvalue weighted by molar-refractivity contribution is 1.16. The van der Waals surface area contributed by atoms with Crippen LogP contribution in [0.5, 0.6) is 0 Å². The van der Waals surface area contributed by atoms with Gasteiger partial charge in [-0.25, -0.2) is 0 Å². The molecule has 2 aromatic rings. The van der Waals surface area contributed by atoms with Gasteiger partial charge in [-0.1, -0.05) is 30.7 Å². The summed E-state index contributed by atoms with van der Waals surface area (Å²) >= 11 is 6.10. The molecule has 13 heavy (non-hydrogen) atoms. The van der Waals surface area contributed by atoms with Crippen molar-refractivity contribution in [2.45, 2.75) is 13.3 Å². The first kappa shape index (κ1) is 8.52. The van der Waals surface area contributed by atoms with Crippen LogP contribution in [-0.4, -0.2) is 4.98 Å². The van der Waals surface area contributed by atoms with Crippen molar-refractivity contribution in [1.82, 2.24) is 4.98 Å². The Kier molecular flexibility index (Phi) is 2.19. The summed E-state index contributed by atoms with van der Waals surface area (Å²) < 4.78 is 0. The average molecular weight is 192 g/mol. The van der Waals surface area contributed by atoms with Crippen molar-refractivity contribution in [2.24, 2.45) is 0 Å². The van der Waals surface area contributed by atoms with Crippen LogP contribution in [0.3, 0.4) is 0 Å². The van der Waals surface area contributed by atoms with E-state index in [1.54, 1.807) is 6.20 Å². The highest BCUT2D eigenvalue weighted by atomic mass is 35.5. The van der Waals surface area contributed by atoms with Crippen LogP contribution in [0.15, 0.2) is 30.5 Å². The molecule has 66 valence electrons. The van der Waals surface area contributed by atoms with Gasteiger partial charge in [0.05, 0.1) is 10.5 Å². The van der Waals surface area contributed by atoms with Crippen molar-refractivity contribution < 1.29 is 0 Å². The fourth-order valence-electron chi connectivity index (χ4n) is 1.53. The number of fused-ring (bicyclic) bond motifs is 1. The molecule has 0 radical (unpaired) electrons. The van der Waals surface area contributed by atoms with Gasteiger partial charge in [-0.2, -0.15) is 0 Å². The first-order valence-electron chi connectivity index (χ1n) is 4.35. The second-order valence-electron chi connectivity index (χ2n) is 2.96. The van der Waals surface area contributed by atoms with E-state index >= 15 is 0 Å². The SMILES string of the molecule is CCc1cccc2nccc(Cl)c12. The number of aromatic nitrogens is 1. The number of pyridine rings is 1. The van der Waals surface area contributed by atoms with Gasteiger partial charge >= 0.3 is 0 Å². The van der Waals surface area contributed by atoms with E-state index in [1.807, 2.05) is 18.2 Å². The Morgan fingerprint density at radius 3 is 2.92 bits per heavy atom. The third-order valence-corrected chi connectivity index (χ3v) is 2.50. The minimum atomic E-state index is 0.794. The van der Waals surface area contributed by atoms with E-state index in [4.69, 9.17) is 11.6 Å². The zero-order chi connectivity index (χ0) is 9.26. The molecule has 0 bridgehead atoms. The smallest absolute Gasteiger partial charge is 0.0719 e. The number of rotatable bonds is 1. The molecule has 1 heterocycles. The van der Waals surface area contributed by atoms with Crippen molar-refractivity contribution in [3.8, 4) is 0 Å². The molecule has 0 aliphatic carbocycles. The Balaban J connectivity index is 2.87. The average Bonchev–Trinajstić information content (AvgIpc) is 2.17. The summed E-state index contributed by atoms with van der Waals surface area (Å²) in [5, 5.41) is 1.89. The van der Waals surface area contributed by atoms with Gasteiger partial charge in [-0.05, 0) is 24.1 Å². The monoisotopic (exact) mass is 191 g/mol.